The first-order chi connectivity index (χ1) is 22.7. The number of anilines is 1. The van der Waals surface area contributed by atoms with Crippen LogP contribution in [0.2, 0.25) is 10.0 Å². The molecule has 5 aliphatic rings. The molecule has 2 N–H and O–H groups in total. The summed E-state index contributed by atoms with van der Waals surface area (Å²) in [6.07, 6.45) is 11.1. The van der Waals surface area contributed by atoms with Crippen LogP contribution in [0.15, 0.2) is 41.2 Å². The monoisotopic (exact) mass is 672 g/mol. The van der Waals surface area contributed by atoms with Crippen molar-refractivity contribution in [3.8, 4) is 23.1 Å². The lowest BCUT2D eigenvalue weighted by atomic mass is 9.59. The first kappa shape index (κ1) is 30.6. The summed E-state index contributed by atoms with van der Waals surface area (Å²) < 4.78 is 12.6. The van der Waals surface area contributed by atoms with E-state index in [0.717, 1.165) is 79.0 Å². The van der Waals surface area contributed by atoms with Gasteiger partial charge in [-0.2, -0.15) is 0 Å². The molecule has 1 unspecified atom stereocenters. The minimum atomic E-state index is -1.07. The Morgan fingerprint density at radius 3 is 2.47 bits per heavy atom. The number of hydrogen-bond donors (Lipinski definition) is 2. The zero-order chi connectivity index (χ0) is 32.3. The molecule has 9 nitrogen and oxygen atoms in total. The average molecular weight is 674 g/mol. The summed E-state index contributed by atoms with van der Waals surface area (Å²) in [7, 11) is 0. The SMILES string of the molecule is O=C(O)c1cc2ccc(C#CC34CCC(OCc5c(-c6c(Cl)cncc6Cl)noc5C5CC5)(CC3)CC4)cc2c(N2CCC(O)C2)n1. The van der Waals surface area contributed by atoms with Crippen molar-refractivity contribution < 1.29 is 24.3 Å². The highest BCUT2D eigenvalue weighted by Gasteiger charge is 2.49. The second kappa shape index (κ2) is 11.8. The molecule has 4 aliphatic carbocycles. The van der Waals surface area contributed by atoms with Crippen LogP contribution in [0.3, 0.4) is 0 Å². The number of halogens is 2. The molecule has 0 spiro atoms. The number of hydrogen-bond acceptors (Lipinski definition) is 8. The fourth-order valence-electron chi connectivity index (χ4n) is 7.54. The number of aromatic carboxylic acids is 1. The number of aliphatic hydroxyl groups excluding tert-OH is 1. The van der Waals surface area contributed by atoms with Crippen molar-refractivity contribution in [2.75, 3.05) is 18.0 Å². The van der Waals surface area contributed by atoms with Gasteiger partial charge in [-0.15, -0.1) is 0 Å². The smallest absolute Gasteiger partial charge is 0.354 e. The quantitative estimate of drug-likeness (QED) is 0.193. The highest BCUT2D eigenvalue weighted by molar-refractivity contribution is 6.38. The first-order valence-corrected chi connectivity index (χ1v) is 17.0. The fourth-order valence-corrected chi connectivity index (χ4v) is 8.08. The van der Waals surface area contributed by atoms with Crippen LogP contribution in [0.5, 0.6) is 0 Å². The number of ether oxygens (including phenoxy) is 1. The molecular weight excluding hydrogens is 639 g/mol. The summed E-state index contributed by atoms with van der Waals surface area (Å²) in [6.45, 7) is 1.45. The summed E-state index contributed by atoms with van der Waals surface area (Å²) in [5.74, 6) is 7.87. The third-order valence-electron chi connectivity index (χ3n) is 10.5. The molecule has 11 heteroatoms. The lowest BCUT2D eigenvalue weighted by Crippen LogP contribution is -2.47. The highest BCUT2D eigenvalue weighted by Crippen LogP contribution is 2.54. The van der Waals surface area contributed by atoms with E-state index >= 15 is 0 Å². The van der Waals surface area contributed by atoms with E-state index in [2.05, 4.69) is 27.0 Å². The molecule has 1 atom stereocenters. The molecule has 47 heavy (non-hydrogen) atoms. The van der Waals surface area contributed by atoms with Crippen molar-refractivity contribution in [1.82, 2.24) is 15.1 Å². The van der Waals surface area contributed by atoms with Crippen molar-refractivity contribution in [2.24, 2.45) is 5.41 Å². The summed E-state index contributed by atoms with van der Waals surface area (Å²) in [5, 5.41) is 26.7. The van der Waals surface area contributed by atoms with Crippen LogP contribution in [0.25, 0.3) is 22.0 Å². The maximum atomic E-state index is 11.8. The van der Waals surface area contributed by atoms with Crippen molar-refractivity contribution in [3.63, 3.8) is 0 Å². The first-order valence-electron chi connectivity index (χ1n) is 16.3. The Kier molecular flexibility index (Phi) is 7.68. The van der Waals surface area contributed by atoms with Crippen molar-refractivity contribution in [1.29, 1.82) is 0 Å². The summed E-state index contributed by atoms with van der Waals surface area (Å²) in [6, 6.07) is 7.48. The summed E-state index contributed by atoms with van der Waals surface area (Å²) >= 11 is 13.0. The second-order valence-corrected chi connectivity index (χ2v) is 14.4. The number of aliphatic hydroxyl groups is 1. The van der Waals surface area contributed by atoms with Gasteiger partial charge < -0.3 is 24.4 Å². The number of carboxylic acid groups (broad SMARTS) is 1. The molecule has 5 fully saturated rings. The average Bonchev–Trinajstić information content (AvgIpc) is 3.70. The third-order valence-corrected chi connectivity index (χ3v) is 11.1. The number of β-amino-alcohol motifs (C(OH)–C–C–N with tert-alkyl or cyclic N) is 1. The minimum absolute atomic E-state index is 0.00397. The second-order valence-electron chi connectivity index (χ2n) is 13.6. The van der Waals surface area contributed by atoms with Gasteiger partial charge in [-0.05, 0) is 81.4 Å². The van der Waals surface area contributed by atoms with Gasteiger partial charge in [0.25, 0.3) is 0 Å². The van der Waals surface area contributed by atoms with Gasteiger partial charge >= 0.3 is 5.97 Å². The molecule has 1 aliphatic heterocycles. The van der Waals surface area contributed by atoms with Crippen LogP contribution in [-0.4, -0.2) is 56.1 Å². The predicted octanol–water partition coefficient (Wildman–Crippen LogP) is 7.40. The predicted molar refractivity (Wildman–Crippen MR) is 178 cm³/mol. The maximum absolute atomic E-state index is 11.8. The topological polar surface area (TPSA) is 122 Å². The molecule has 4 aromatic rings. The van der Waals surface area contributed by atoms with Crippen molar-refractivity contribution in [2.45, 2.75) is 82.0 Å². The van der Waals surface area contributed by atoms with E-state index in [-0.39, 0.29) is 16.7 Å². The van der Waals surface area contributed by atoms with Gasteiger partial charge in [-0.25, -0.2) is 9.78 Å². The largest absolute Gasteiger partial charge is 0.477 e. The molecule has 1 saturated heterocycles. The standard InChI is InChI=1S/C36H34Cl2N4O5/c37-27-17-39-18-28(38)30(27)31-26(32(47-41-31)22-3-4-22)20-46-36-11-8-35(9-12-36,10-13-36)7-5-21-1-2-23-16-29(34(44)45)40-33(25(23)15-21)42-14-6-24(43)19-42/h1-2,15-18,22,24,43H,3-4,6,8-14,19-20H2,(H,44,45). The van der Waals surface area contributed by atoms with Crippen LogP contribution in [0.1, 0.15) is 91.1 Å². The molecule has 0 radical (unpaired) electrons. The number of aromatic nitrogens is 3. The highest BCUT2D eigenvalue weighted by atomic mass is 35.5. The normalized spacial score (nSPS) is 25.3. The number of pyridine rings is 2. The molecule has 1 aromatic carbocycles. The number of fused-ring (bicyclic) bond motifs is 4. The zero-order valence-corrected chi connectivity index (χ0v) is 27.3. The molecule has 9 rings (SSSR count). The van der Waals surface area contributed by atoms with Gasteiger partial charge in [0.05, 0.1) is 28.4 Å². The Balaban J connectivity index is 1.00. The molecular formula is C36H34Cl2N4O5. The van der Waals surface area contributed by atoms with Crippen LogP contribution in [0, 0.1) is 17.3 Å². The Bertz CT molecular complexity index is 1920. The lowest BCUT2D eigenvalue weighted by Gasteiger charge is -2.51. The van der Waals surface area contributed by atoms with Crippen LogP contribution >= 0.6 is 23.2 Å². The van der Waals surface area contributed by atoms with E-state index in [9.17, 15) is 15.0 Å². The molecule has 4 heterocycles. The number of rotatable bonds is 7. The Labute approximate surface area is 282 Å². The van der Waals surface area contributed by atoms with Crippen molar-refractivity contribution >= 4 is 45.8 Å². The van der Waals surface area contributed by atoms with E-state index in [1.54, 1.807) is 18.5 Å². The lowest BCUT2D eigenvalue weighted by molar-refractivity contribution is -0.131. The van der Waals surface area contributed by atoms with Crippen LogP contribution < -0.4 is 4.90 Å². The van der Waals surface area contributed by atoms with E-state index in [1.165, 1.54) is 0 Å². The minimum Gasteiger partial charge on any atom is -0.477 e. The summed E-state index contributed by atoms with van der Waals surface area (Å²) in [4.78, 5) is 22.3. The Morgan fingerprint density at radius 2 is 1.81 bits per heavy atom. The van der Waals surface area contributed by atoms with E-state index in [0.29, 0.717) is 59.2 Å². The molecule has 242 valence electrons. The number of nitrogens with zero attached hydrogens (tertiary/aromatic N) is 4. The Hall–Kier alpha value is -3.68. The molecule has 2 bridgehead atoms. The van der Waals surface area contributed by atoms with Crippen LogP contribution in [-0.2, 0) is 11.3 Å². The molecule has 4 saturated carbocycles. The van der Waals surface area contributed by atoms with Gasteiger partial charge in [0.1, 0.15) is 17.3 Å². The third kappa shape index (κ3) is 5.76. The van der Waals surface area contributed by atoms with Gasteiger partial charge in [-0.3, -0.25) is 4.98 Å². The van der Waals surface area contributed by atoms with E-state index in [4.69, 9.17) is 32.5 Å². The summed E-state index contributed by atoms with van der Waals surface area (Å²) in [5.41, 5.74) is 2.80. The molecule has 0 amide bonds. The van der Waals surface area contributed by atoms with Gasteiger partial charge in [0.15, 0.2) is 5.69 Å². The van der Waals surface area contributed by atoms with E-state index in [1.807, 2.05) is 23.1 Å². The van der Waals surface area contributed by atoms with Gasteiger partial charge in [-0.1, -0.05) is 46.3 Å². The van der Waals surface area contributed by atoms with E-state index < -0.39 is 12.1 Å². The number of benzene rings is 1. The molecule has 3 aromatic heterocycles. The maximum Gasteiger partial charge on any atom is 0.354 e. The Morgan fingerprint density at radius 1 is 1.06 bits per heavy atom. The number of carboxylic acids is 1. The van der Waals surface area contributed by atoms with Gasteiger partial charge in [0, 0.05) is 58.9 Å². The van der Waals surface area contributed by atoms with Crippen molar-refractivity contribution in [3.05, 3.63) is 69.3 Å². The number of carbonyl (C=O) groups is 1. The fraction of sp³-hybridized carbons (Fsp3) is 0.444. The van der Waals surface area contributed by atoms with Gasteiger partial charge in [0.2, 0.25) is 0 Å². The zero-order valence-electron chi connectivity index (χ0n) is 25.8. The van der Waals surface area contributed by atoms with Crippen LogP contribution in [0.4, 0.5) is 5.82 Å².